The monoisotopic (exact) mass is 324 g/mol. The molecule has 0 aliphatic heterocycles. The van der Waals surface area contributed by atoms with Crippen molar-refractivity contribution in [1.82, 2.24) is 10.2 Å². The quantitative estimate of drug-likeness (QED) is 0.919. The zero-order valence-corrected chi connectivity index (χ0v) is 14.7. The molecule has 2 amide bonds. The molecular weight excluding hydrogens is 300 g/mol. The summed E-state index contributed by atoms with van der Waals surface area (Å²) in [5.74, 6) is -0.344. The standard InChI is InChI=1S/C20H24N2O2/c1-14-5-8-17(9-6-14)13-22(4)19(23)12-21-20(24)18-10-7-15(2)16(3)11-18/h5-11H,12-13H2,1-4H3,(H,21,24). The molecule has 2 aromatic rings. The van der Waals surface area contributed by atoms with Crippen LogP contribution in [-0.2, 0) is 11.3 Å². The number of hydrogen-bond donors (Lipinski definition) is 1. The zero-order valence-electron chi connectivity index (χ0n) is 14.7. The molecule has 0 spiro atoms. The molecule has 24 heavy (non-hydrogen) atoms. The number of aryl methyl sites for hydroxylation is 3. The number of benzene rings is 2. The van der Waals surface area contributed by atoms with Crippen LogP contribution in [0.1, 0.15) is 32.6 Å². The van der Waals surface area contributed by atoms with Gasteiger partial charge in [-0.15, -0.1) is 0 Å². The van der Waals surface area contributed by atoms with Gasteiger partial charge in [-0.3, -0.25) is 9.59 Å². The van der Waals surface area contributed by atoms with Crippen LogP contribution in [-0.4, -0.2) is 30.3 Å². The fourth-order valence-electron chi connectivity index (χ4n) is 2.33. The maximum atomic E-state index is 12.2. The Hall–Kier alpha value is -2.62. The second kappa shape index (κ2) is 7.77. The van der Waals surface area contributed by atoms with Crippen LogP contribution < -0.4 is 5.32 Å². The van der Waals surface area contributed by atoms with Crippen molar-refractivity contribution < 1.29 is 9.59 Å². The van der Waals surface area contributed by atoms with Gasteiger partial charge in [0.05, 0.1) is 6.54 Å². The number of carbonyl (C=O) groups is 2. The van der Waals surface area contributed by atoms with E-state index in [0.717, 1.165) is 16.7 Å². The van der Waals surface area contributed by atoms with E-state index in [1.807, 2.05) is 57.2 Å². The van der Waals surface area contributed by atoms with Gasteiger partial charge in [-0.25, -0.2) is 0 Å². The average Bonchev–Trinajstić information content (AvgIpc) is 2.56. The predicted octanol–water partition coefficient (Wildman–Crippen LogP) is 3.00. The number of rotatable bonds is 5. The van der Waals surface area contributed by atoms with Gasteiger partial charge in [0.25, 0.3) is 5.91 Å². The fourth-order valence-corrected chi connectivity index (χ4v) is 2.33. The summed E-state index contributed by atoms with van der Waals surface area (Å²) in [6.45, 7) is 6.51. The molecule has 0 atom stereocenters. The van der Waals surface area contributed by atoms with Crippen LogP contribution in [0.25, 0.3) is 0 Å². The van der Waals surface area contributed by atoms with Gasteiger partial charge >= 0.3 is 0 Å². The largest absolute Gasteiger partial charge is 0.343 e. The summed E-state index contributed by atoms with van der Waals surface area (Å²) < 4.78 is 0. The lowest BCUT2D eigenvalue weighted by atomic mass is 10.1. The number of hydrogen-bond acceptors (Lipinski definition) is 2. The topological polar surface area (TPSA) is 49.4 Å². The van der Waals surface area contributed by atoms with Gasteiger partial charge in [0.2, 0.25) is 5.91 Å². The van der Waals surface area contributed by atoms with Crippen LogP contribution in [0.15, 0.2) is 42.5 Å². The Morgan fingerprint density at radius 3 is 2.25 bits per heavy atom. The molecule has 0 saturated heterocycles. The molecule has 0 bridgehead atoms. The smallest absolute Gasteiger partial charge is 0.251 e. The van der Waals surface area contributed by atoms with Gasteiger partial charge in [0.1, 0.15) is 0 Å². The fraction of sp³-hybridized carbons (Fsp3) is 0.300. The van der Waals surface area contributed by atoms with Crippen LogP contribution in [0, 0.1) is 20.8 Å². The summed E-state index contributed by atoms with van der Waals surface area (Å²) in [5.41, 5.74) is 5.03. The minimum absolute atomic E-state index is 0.00583. The molecule has 0 fully saturated rings. The summed E-state index contributed by atoms with van der Waals surface area (Å²) in [4.78, 5) is 25.9. The van der Waals surface area contributed by atoms with E-state index in [9.17, 15) is 9.59 Å². The number of carbonyl (C=O) groups excluding carboxylic acids is 2. The Balaban J connectivity index is 1.88. The van der Waals surface area contributed by atoms with Gasteiger partial charge in [0.15, 0.2) is 0 Å². The number of amides is 2. The minimum atomic E-state index is -0.227. The van der Waals surface area contributed by atoms with Crippen LogP contribution in [0.2, 0.25) is 0 Å². The molecule has 2 aromatic carbocycles. The van der Waals surface area contributed by atoms with E-state index < -0.39 is 0 Å². The van der Waals surface area contributed by atoms with Crippen molar-refractivity contribution in [2.24, 2.45) is 0 Å². The summed E-state index contributed by atoms with van der Waals surface area (Å²) in [6.07, 6.45) is 0. The van der Waals surface area contributed by atoms with Crippen molar-refractivity contribution in [3.8, 4) is 0 Å². The molecule has 0 saturated carbocycles. The number of likely N-dealkylation sites (N-methyl/N-ethyl adjacent to an activating group) is 1. The molecule has 0 unspecified atom stereocenters. The highest BCUT2D eigenvalue weighted by molar-refractivity contribution is 5.96. The van der Waals surface area contributed by atoms with E-state index >= 15 is 0 Å². The molecule has 0 aromatic heterocycles. The molecule has 4 nitrogen and oxygen atoms in total. The zero-order chi connectivity index (χ0) is 17.7. The highest BCUT2D eigenvalue weighted by atomic mass is 16.2. The molecule has 0 radical (unpaired) electrons. The summed E-state index contributed by atoms with van der Waals surface area (Å²) in [6, 6.07) is 13.6. The highest BCUT2D eigenvalue weighted by Crippen LogP contribution is 2.10. The van der Waals surface area contributed by atoms with E-state index in [2.05, 4.69) is 5.32 Å². The Bertz CT molecular complexity index is 736. The van der Waals surface area contributed by atoms with Crippen LogP contribution >= 0.6 is 0 Å². The van der Waals surface area contributed by atoms with Crippen LogP contribution in [0.5, 0.6) is 0 Å². The van der Waals surface area contributed by atoms with Crippen molar-refractivity contribution >= 4 is 11.8 Å². The first-order valence-electron chi connectivity index (χ1n) is 8.02. The lowest BCUT2D eigenvalue weighted by Gasteiger charge is -2.18. The van der Waals surface area contributed by atoms with Crippen molar-refractivity contribution in [3.63, 3.8) is 0 Å². The molecule has 0 heterocycles. The van der Waals surface area contributed by atoms with Gasteiger partial charge in [-0.05, 0) is 49.6 Å². The number of nitrogens with zero attached hydrogens (tertiary/aromatic N) is 1. The van der Waals surface area contributed by atoms with E-state index in [0.29, 0.717) is 12.1 Å². The Labute approximate surface area is 143 Å². The van der Waals surface area contributed by atoms with Gasteiger partial charge in [-0.2, -0.15) is 0 Å². The lowest BCUT2D eigenvalue weighted by Crippen LogP contribution is -2.37. The number of nitrogens with one attached hydrogen (secondary N) is 1. The Morgan fingerprint density at radius 1 is 0.958 bits per heavy atom. The summed E-state index contributed by atoms with van der Waals surface area (Å²) >= 11 is 0. The molecular formula is C20H24N2O2. The second-order valence-corrected chi connectivity index (χ2v) is 6.22. The average molecular weight is 324 g/mol. The molecule has 0 aliphatic rings. The van der Waals surface area contributed by atoms with Gasteiger partial charge < -0.3 is 10.2 Å². The normalized spacial score (nSPS) is 10.3. The molecule has 0 aliphatic carbocycles. The van der Waals surface area contributed by atoms with E-state index in [-0.39, 0.29) is 18.4 Å². The Kier molecular flexibility index (Phi) is 5.74. The SMILES string of the molecule is Cc1ccc(CN(C)C(=O)CNC(=O)c2ccc(C)c(C)c2)cc1. The van der Waals surface area contributed by atoms with Crippen molar-refractivity contribution in [2.75, 3.05) is 13.6 Å². The molecule has 4 heteroatoms. The molecule has 2 rings (SSSR count). The van der Waals surface area contributed by atoms with Crippen molar-refractivity contribution in [1.29, 1.82) is 0 Å². The predicted molar refractivity (Wildman–Crippen MR) is 95.9 cm³/mol. The highest BCUT2D eigenvalue weighted by Gasteiger charge is 2.12. The van der Waals surface area contributed by atoms with Gasteiger partial charge in [-0.1, -0.05) is 35.9 Å². The molecule has 126 valence electrons. The summed E-state index contributed by atoms with van der Waals surface area (Å²) in [7, 11) is 1.74. The maximum Gasteiger partial charge on any atom is 0.251 e. The van der Waals surface area contributed by atoms with Crippen molar-refractivity contribution in [2.45, 2.75) is 27.3 Å². The lowest BCUT2D eigenvalue weighted by molar-refractivity contribution is -0.129. The maximum absolute atomic E-state index is 12.2. The third-order valence-corrected chi connectivity index (χ3v) is 4.14. The first-order chi connectivity index (χ1) is 11.4. The third kappa shape index (κ3) is 4.69. The first-order valence-corrected chi connectivity index (χ1v) is 8.02. The van der Waals surface area contributed by atoms with E-state index in [1.165, 1.54) is 5.56 Å². The van der Waals surface area contributed by atoms with Crippen LogP contribution in [0.4, 0.5) is 0 Å². The van der Waals surface area contributed by atoms with E-state index in [1.54, 1.807) is 18.0 Å². The van der Waals surface area contributed by atoms with Gasteiger partial charge in [0, 0.05) is 19.2 Å². The summed E-state index contributed by atoms with van der Waals surface area (Å²) in [5, 5.41) is 2.69. The van der Waals surface area contributed by atoms with Crippen molar-refractivity contribution in [3.05, 3.63) is 70.3 Å². The Morgan fingerprint density at radius 2 is 1.62 bits per heavy atom. The third-order valence-electron chi connectivity index (χ3n) is 4.14. The molecule has 1 N–H and O–H groups in total. The minimum Gasteiger partial charge on any atom is -0.343 e. The second-order valence-electron chi connectivity index (χ2n) is 6.22. The van der Waals surface area contributed by atoms with Crippen LogP contribution in [0.3, 0.4) is 0 Å². The first kappa shape index (κ1) is 17.7. The van der Waals surface area contributed by atoms with E-state index in [4.69, 9.17) is 0 Å².